The molecule has 18 heavy (non-hydrogen) atoms. The molecule has 0 spiro atoms. The smallest absolute Gasteiger partial charge is 0.324 e. The monoisotopic (exact) mass is 264 g/mol. The van der Waals surface area contributed by atoms with Gasteiger partial charge in [0.2, 0.25) is 0 Å². The summed E-state index contributed by atoms with van der Waals surface area (Å²) in [5, 5.41) is 22.5. The Hall–Kier alpha value is -1.92. The zero-order valence-electron chi connectivity index (χ0n) is 9.50. The lowest BCUT2D eigenvalue weighted by molar-refractivity contribution is -0.380. The molecule has 0 fully saturated rings. The van der Waals surface area contributed by atoms with Crippen molar-refractivity contribution in [2.24, 2.45) is 0 Å². The van der Waals surface area contributed by atoms with Crippen LogP contribution in [-0.4, -0.2) is 23.2 Å². The van der Waals surface area contributed by atoms with Gasteiger partial charge in [-0.1, -0.05) is 23.5 Å². The Kier molecular flexibility index (Phi) is 3.91. The second-order valence-corrected chi connectivity index (χ2v) is 4.68. The second kappa shape index (κ2) is 5.61. The lowest BCUT2D eigenvalue weighted by atomic mass is 10.2. The summed E-state index contributed by atoms with van der Waals surface area (Å²) in [7, 11) is 0. The lowest BCUT2D eigenvalue weighted by Gasteiger charge is -2.04. The molecule has 1 heterocycles. The van der Waals surface area contributed by atoms with Gasteiger partial charge in [0.1, 0.15) is 0 Å². The van der Waals surface area contributed by atoms with E-state index in [0.717, 1.165) is 27.5 Å². The highest BCUT2D eigenvalue weighted by Crippen LogP contribution is 2.32. The molecule has 0 aliphatic rings. The lowest BCUT2D eigenvalue weighted by Crippen LogP contribution is -2.04. The van der Waals surface area contributed by atoms with E-state index in [0.29, 0.717) is 6.54 Å². The third-order valence-electron chi connectivity index (χ3n) is 2.38. The average molecular weight is 264 g/mol. The zero-order chi connectivity index (χ0) is 13.0. The first-order valence-electron chi connectivity index (χ1n) is 5.40. The molecule has 5 nitrogen and oxygen atoms in total. The average Bonchev–Trinajstić information content (AvgIpc) is 2.87. The van der Waals surface area contributed by atoms with E-state index >= 15 is 0 Å². The number of nitrogens with zero attached hydrogens (tertiary/aromatic N) is 1. The van der Waals surface area contributed by atoms with Crippen LogP contribution in [0.3, 0.4) is 0 Å². The van der Waals surface area contributed by atoms with Gasteiger partial charge in [0.25, 0.3) is 0 Å². The van der Waals surface area contributed by atoms with Crippen LogP contribution < -0.4 is 5.32 Å². The largest absolute Gasteiger partial charge is 0.395 e. The topological polar surface area (TPSA) is 75.4 Å². The number of benzene rings is 1. The van der Waals surface area contributed by atoms with E-state index in [1.807, 2.05) is 24.3 Å². The molecule has 0 saturated carbocycles. The van der Waals surface area contributed by atoms with Crippen LogP contribution in [0.1, 0.15) is 0 Å². The predicted molar refractivity (Wildman–Crippen MR) is 72.0 cm³/mol. The van der Waals surface area contributed by atoms with Gasteiger partial charge in [0, 0.05) is 23.2 Å². The summed E-state index contributed by atoms with van der Waals surface area (Å²) >= 11 is 1.16. The van der Waals surface area contributed by atoms with Crippen molar-refractivity contribution < 1.29 is 10.0 Å². The summed E-state index contributed by atoms with van der Waals surface area (Å²) in [4.78, 5) is 11.1. The van der Waals surface area contributed by atoms with Crippen molar-refractivity contribution in [1.82, 2.24) is 0 Å². The number of hydrogen-bond donors (Lipinski definition) is 2. The van der Waals surface area contributed by atoms with Gasteiger partial charge in [0.05, 0.1) is 11.5 Å². The molecule has 0 saturated heterocycles. The third-order valence-corrected chi connectivity index (χ3v) is 3.47. The Morgan fingerprint density at radius 1 is 1.22 bits per heavy atom. The molecule has 2 aromatic rings. The van der Waals surface area contributed by atoms with Crippen molar-refractivity contribution in [3.05, 3.63) is 46.5 Å². The van der Waals surface area contributed by atoms with Gasteiger partial charge in [-0.05, 0) is 23.8 Å². The molecular formula is C12H12N2O3S. The molecule has 0 bridgehead atoms. The van der Waals surface area contributed by atoms with Crippen LogP contribution in [-0.2, 0) is 0 Å². The van der Waals surface area contributed by atoms with Crippen molar-refractivity contribution in [1.29, 1.82) is 0 Å². The molecule has 0 atom stereocenters. The van der Waals surface area contributed by atoms with Crippen molar-refractivity contribution in [3.63, 3.8) is 0 Å². The summed E-state index contributed by atoms with van der Waals surface area (Å²) in [6.07, 6.45) is 0. The molecule has 2 N–H and O–H groups in total. The van der Waals surface area contributed by atoms with Gasteiger partial charge in [0.15, 0.2) is 0 Å². The number of thiophene rings is 1. The molecule has 0 amide bonds. The van der Waals surface area contributed by atoms with Crippen molar-refractivity contribution in [3.8, 4) is 10.4 Å². The van der Waals surface area contributed by atoms with Crippen LogP contribution in [0, 0.1) is 10.1 Å². The van der Waals surface area contributed by atoms with Crippen molar-refractivity contribution in [2.75, 3.05) is 18.5 Å². The Bertz CT molecular complexity index is 537. The fourth-order valence-electron chi connectivity index (χ4n) is 1.53. The van der Waals surface area contributed by atoms with E-state index in [1.165, 1.54) is 6.07 Å². The maximum Gasteiger partial charge on any atom is 0.324 e. The molecule has 6 heteroatoms. The molecule has 0 radical (unpaired) electrons. The van der Waals surface area contributed by atoms with Crippen molar-refractivity contribution in [2.45, 2.75) is 0 Å². The van der Waals surface area contributed by atoms with Gasteiger partial charge in [-0.3, -0.25) is 10.1 Å². The molecular weight excluding hydrogens is 252 g/mol. The first-order valence-corrected chi connectivity index (χ1v) is 6.22. The molecule has 1 aromatic heterocycles. The Morgan fingerprint density at radius 2 is 1.94 bits per heavy atom. The maximum absolute atomic E-state index is 10.6. The van der Waals surface area contributed by atoms with Gasteiger partial charge < -0.3 is 10.4 Å². The van der Waals surface area contributed by atoms with E-state index in [4.69, 9.17) is 5.11 Å². The fourth-order valence-corrected chi connectivity index (χ4v) is 2.36. The highest BCUT2D eigenvalue weighted by atomic mass is 32.1. The van der Waals surface area contributed by atoms with Gasteiger partial charge >= 0.3 is 5.00 Å². The first-order chi connectivity index (χ1) is 8.70. The highest BCUT2D eigenvalue weighted by Gasteiger charge is 2.10. The minimum absolute atomic E-state index is 0.0822. The van der Waals surface area contributed by atoms with E-state index in [2.05, 4.69) is 5.32 Å². The summed E-state index contributed by atoms with van der Waals surface area (Å²) in [5.41, 5.74) is 1.86. The first kappa shape index (κ1) is 12.5. The number of nitrogens with one attached hydrogen (secondary N) is 1. The van der Waals surface area contributed by atoms with E-state index in [1.54, 1.807) is 6.07 Å². The quantitative estimate of drug-likeness (QED) is 0.643. The third kappa shape index (κ3) is 2.85. The maximum atomic E-state index is 10.6. The summed E-state index contributed by atoms with van der Waals surface area (Å²) in [6.45, 7) is 0.586. The van der Waals surface area contributed by atoms with Gasteiger partial charge in [-0.2, -0.15) is 0 Å². The van der Waals surface area contributed by atoms with Crippen LogP contribution in [0.2, 0.25) is 0 Å². The summed E-state index contributed by atoms with van der Waals surface area (Å²) in [6, 6.07) is 10.8. The minimum Gasteiger partial charge on any atom is -0.395 e. The van der Waals surface area contributed by atoms with E-state index in [9.17, 15) is 10.1 Å². The normalized spacial score (nSPS) is 10.3. The Morgan fingerprint density at radius 3 is 2.50 bits per heavy atom. The van der Waals surface area contributed by atoms with Crippen LogP contribution in [0.15, 0.2) is 36.4 Å². The van der Waals surface area contributed by atoms with E-state index in [-0.39, 0.29) is 16.5 Å². The number of anilines is 1. The van der Waals surface area contributed by atoms with Crippen LogP contribution in [0.25, 0.3) is 10.4 Å². The standard InChI is InChI=1S/C12H12N2O3S/c15-8-7-13-10-3-1-9(2-4-10)11-5-6-12(18-11)14(16)17/h1-6,13,15H,7-8H2. The van der Waals surface area contributed by atoms with Gasteiger partial charge in [-0.15, -0.1) is 0 Å². The van der Waals surface area contributed by atoms with E-state index < -0.39 is 0 Å². The summed E-state index contributed by atoms with van der Waals surface area (Å²) < 4.78 is 0. The SMILES string of the molecule is O=[N+]([O-])c1ccc(-c2ccc(NCCO)cc2)s1. The summed E-state index contributed by atoms with van der Waals surface area (Å²) in [5.74, 6) is 0. The predicted octanol–water partition coefficient (Wildman–Crippen LogP) is 2.73. The molecule has 1 aromatic carbocycles. The van der Waals surface area contributed by atoms with Crippen LogP contribution >= 0.6 is 11.3 Å². The second-order valence-electron chi connectivity index (χ2n) is 3.62. The van der Waals surface area contributed by atoms with Crippen LogP contribution in [0.5, 0.6) is 0 Å². The zero-order valence-corrected chi connectivity index (χ0v) is 10.3. The van der Waals surface area contributed by atoms with Crippen LogP contribution in [0.4, 0.5) is 10.7 Å². The van der Waals surface area contributed by atoms with Crippen molar-refractivity contribution >= 4 is 22.0 Å². The molecule has 2 rings (SSSR count). The number of rotatable bonds is 5. The number of aliphatic hydroxyl groups excluding tert-OH is 1. The fraction of sp³-hybridized carbons (Fsp3) is 0.167. The molecule has 0 unspecified atom stereocenters. The highest BCUT2D eigenvalue weighted by molar-refractivity contribution is 7.18. The minimum atomic E-state index is -0.384. The number of aliphatic hydroxyl groups is 1. The molecule has 94 valence electrons. The number of nitro groups is 1. The molecule has 0 aliphatic carbocycles. The van der Waals surface area contributed by atoms with Gasteiger partial charge in [-0.25, -0.2) is 0 Å². The Labute approximate surface area is 108 Å². The Balaban J connectivity index is 2.15. The molecule has 0 aliphatic heterocycles. The number of hydrogen-bond acceptors (Lipinski definition) is 5.